The number of hydrogen-bond acceptors (Lipinski definition) is 2. The van der Waals surface area contributed by atoms with Crippen LogP contribution in [0.5, 0.6) is 0 Å². The molecule has 2 unspecified atom stereocenters. The number of rotatable bonds is 4. The molecular weight excluding hydrogens is 380 g/mol. The van der Waals surface area contributed by atoms with E-state index in [1.54, 1.807) is 18.2 Å². The zero-order chi connectivity index (χ0) is 15.6. The highest BCUT2D eigenvalue weighted by Gasteiger charge is 2.27. The van der Waals surface area contributed by atoms with Crippen LogP contribution < -0.4 is 5.73 Å². The lowest BCUT2D eigenvalue weighted by Gasteiger charge is -2.25. The average Bonchev–Trinajstić information content (AvgIpc) is 2.42. The van der Waals surface area contributed by atoms with Crippen LogP contribution in [0, 0.1) is 5.82 Å². The standard InChI is InChI=1S/C15H13BrCl2FNO/c16-11-6-8(19)4-5-9(11)15(21)10(7-20)14-12(17)2-1-3-13(14)18/h1-6,10,15,21H,7,20H2. The van der Waals surface area contributed by atoms with Gasteiger partial charge in [0.25, 0.3) is 0 Å². The topological polar surface area (TPSA) is 46.2 Å². The smallest absolute Gasteiger partial charge is 0.124 e. The lowest BCUT2D eigenvalue weighted by molar-refractivity contribution is 0.146. The monoisotopic (exact) mass is 391 g/mol. The van der Waals surface area contributed by atoms with Crippen molar-refractivity contribution in [2.75, 3.05) is 6.54 Å². The molecule has 112 valence electrons. The Morgan fingerprint density at radius 1 is 1.19 bits per heavy atom. The first-order valence-corrected chi connectivity index (χ1v) is 7.77. The van der Waals surface area contributed by atoms with E-state index in [0.717, 1.165) is 0 Å². The molecule has 21 heavy (non-hydrogen) atoms. The van der Waals surface area contributed by atoms with Gasteiger partial charge in [-0.1, -0.05) is 51.3 Å². The summed E-state index contributed by atoms with van der Waals surface area (Å²) < 4.78 is 13.6. The molecule has 3 N–H and O–H groups in total. The molecule has 0 radical (unpaired) electrons. The van der Waals surface area contributed by atoms with Gasteiger partial charge < -0.3 is 10.8 Å². The second kappa shape index (κ2) is 7.07. The van der Waals surface area contributed by atoms with E-state index in [4.69, 9.17) is 28.9 Å². The first-order valence-electron chi connectivity index (χ1n) is 6.22. The number of aliphatic hydroxyl groups excluding tert-OH is 1. The van der Waals surface area contributed by atoms with Crippen molar-refractivity contribution in [1.82, 2.24) is 0 Å². The summed E-state index contributed by atoms with van der Waals surface area (Å²) in [6.45, 7) is 0.147. The molecule has 0 aliphatic rings. The molecule has 0 aliphatic heterocycles. The van der Waals surface area contributed by atoms with Crippen LogP contribution in [0.25, 0.3) is 0 Å². The van der Waals surface area contributed by atoms with Crippen molar-refractivity contribution < 1.29 is 9.50 Å². The van der Waals surface area contributed by atoms with Crippen LogP contribution >= 0.6 is 39.1 Å². The third kappa shape index (κ3) is 3.58. The van der Waals surface area contributed by atoms with E-state index in [-0.39, 0.29) is 6.54 Å². The number of benzene rings is 2. The van der Waals surface area contributed by atoms with Crippen LogP contribution in [0.3, 0.4) is 0 Å². The Kier molecular flexibility index (Phi) is 5.63. The van der Waals surface area contributed by atoms with Crippen LogP contribution in [0.1, 0.15) is 23.1 Å². The van der Waals surface area contributed by atoms with Crippen molar-refractivity contribution in [2.24, 2.45) is 5.73 Å². The van der Waals surface area contributed by atoms with Crippen LogP contribution in [0.2, 0.25) is 10.0 Å². The zero-order valence-electron chi connectivity index (χ0n) is 10.9. The summed E-state index contributed by atoms with van der Waals surface area (Å²) in [4.78, 5) is 0. The molecule has 0 spiro atoms. The van der Waals surface area contributed by atoms with Gasteiger partial charge in [0.15, 0.2) is 0 Å². The Labute approximate surface area is 140 Å². The molecule has 0 amide bonds. The van der Waals surface area contributed by atoms with Gasteiger partial charge in [0.1, 0.15) is 5.82 Å². The molecule has 2 aromatic rings. The predicted octanol–water partition coefficient (Wildman–Crippen LogP) is 4.67. The normalized spacial score (nSPS) is 14.0. The maximum Gasteiger partial charge on any atom is 0.124 e. The Balaban J connectivity index is 2.46. The SMILES string of the molecule is NCC(c1c(Cl)cccc1Cl)C(O)c1ccc(F)cc1Br. The summed E-state index contributed by atoms with van der Waals surface area (Å²) in [5.41, 5.74) is 6.91. The summed E-state index contributed by atoms with van der Waals surface area (Å²) in [5, 5.41) is 11.5. The molecule has 2 aromatic carbocycles. The lowest BCUT2D eigenvalue weighted by atomic mass is 9.89. The quantitative estimate of drug-likeness (QED) is 0.793. The molecule has 0 bridgehead atoms. The minimum absolute atomic E-state index is 0.147. The van der Waals surface area contributed by atoms with Gasteiger partial charge in [0, 0.05) is 27.0 Å². The van der Waals surface area contributed by atoms with Crippen molar-refractivity contribution in [2.45, 2.75) is 12.0 Å². The summed E-state index contributed by atoms with van der Waals surface area (Å²) in [6.07, 6.45) is -0.956. The third-order valence-electron chi connectivity index (χ3n) is 3.29. The van der Waals surface area contributed by atoms with Gasteiger partial charge in [0.2, 0.25) is 0 Å². The second-order valence-corrected chi connectivity index (χ2v) is 6.26. The fourth-order valence-electron chi connectivity index (χ4n) is 2.23. The van der Waals surface area contributed by atoms with Gasteiger partial charge in [0.05, 0.1) is 6.10 Å². The molecule has 0 saturated carbocycles. The number of halogens is 4. The van der Waals surface area contributed by atoms with Crippen molar-refractivity contribution >= 4 is 39.1 Å². The van der Waals surface area contributed by atoms with Crippen molar-refractivity contribution in [3.05, 3.63) is 67.9 Å². The molecule has 0 fully saturated rings. The second-order valence-electron chi connectivity index (χ2n) is 4.59. The molecule has 6 heteroatoms. The van der Waals surface area contributed by atoms with E-state index in [9.17, 15) is 9.50 Å². The van der Waals surface area contributed by atoms with Crippen molar-refractivity contribution in [3.63, 3.8) is 0 Å². The Hall–Kier alpha value is -0.650. The van der Waals surface area contributed by atoms with Crippen LogP contribution in [-0.2, 0) is 0 Å². The Morgan fingerprint density at radius 2 is 1.81 bits per heavy atom. The largest absolute Gasteiger partial charge is 0.388 e. The fourth-order valence-corrected chi connectivity index (χ4v) is 3.49. The molecule has 2 atom stereocenters. The first-order chi connectivity index (χ1) is 9.95. The number of nitrogens with two attached hydrogens (primary N) is 1. The van der Waals surface area contributed by atoms with Crippen molar-refractivity contribution in [3.8, 4) is 0 Å². The molecular formula is C15H13BrCl2FNO. The summed E-state index contributed by atoms with van der Waals surface area (Å²) in [5.74, 6) is -0.883. The summed E-state index contributed by atoms with van der Waals surface area (Å²) in [6, 6.07) is 9.20. The first kappa shape index (κ1) is 16.7. The van der Waals surface area contributed by atoms with Crippen LogP contribution in [-0.4, -0.2) is 11.7 Å². The van der Waals surface area contributed by atoms with Crippen LogP contribution in [0.4, 0.5) is 4.39 Å². The zero-order valence-corrected chi connectivity index (χ0v) is 14.0. The number of aliphatic hydroxyl groups is 1. The lowest BCUT2D eigenvalue weighted by Crippen LogP contribution is -2.21. The van der Waals surface area contributed by atoms with E-state index in [2.05, 4.69) is 15.9 Å². The highest BCUT2D eigenvalue weighted by molar-refractivity contribution is 9.10. The maximum atomic E-state index is 13.2. The van der Waals surface area contributed by atoms with Gasteiger partial charge >= 0.3 is 0 Å². The van der Waals surface area contributed by atoms with E-state index >= 15 is 0 Å². The molecule has 0 aromatic heterocycles. The molecule has 0 aliphatic carbocycles. The van der Waals surface area contributed by atoms with E-state index in [1.165, 1.54) is 18.2 Å². The Bertz CT molecular complexity index is 633. The highest BCUT2D eigenvalue weighted by atomic mass is 79.9. The molecule has 2 nitrogen and oxygen atoms in total. The summed E-state index contributed by atoms with van der Waals surface area (Å²) >= 11 is 15.6. The molecule has 0 saturated heterocycles. The average molecular weight is 393 g/mol. The Morgan fingerprint density at radius 3 is 2.33 bits per heavy atom. The highest BCUT2D eigenvalue weighted by Crippen LogP contribution is 2.40. The summed E-state index contributed by atoms with van der Waals surface area (Å²) in [7, 11) is 0. The van der Waals surface area contributed by atoms with Gasteiger partial charge in [-0.15, -0.1) is 0 Å². The van der Waals surface area contributed by atoms with Gasteiger partial charge in [-0.05, 0) is 35.4 Å². The van der Waals surface area contributed by atoms with E-state index in [0.29, 0.717) is 25.6 Å². The molecule has 0 heterocycles. The predicted molar refractivity (Wildman–Crippen MR) is 87.3 cm³/mol. The minimum atomic E-state index is -0.956. The van der Waals surface area contributed by atoms with E-state index < -0.39 is 17.8 Å². The maximum absolute atomic E-state index is 13.2. The fraction of sp³-hybridized carbons (Fsp3) is 0.200. The third-order valence-corrected chi connectivity index (χ3v) is 4.63. The minimum Gasteiger partial charge on any atom is -0.388 e. The van der Waals surface area contributed by atoms with Gasteiger partial charge in [-0.3, -0.25) is 0 Å². The van der Waals surface area contributed by atoms with Crippen molar-refractivity contribution in [1.29, 1.82) is 0 Å². The van der Waals surface area contributed by atoms with E-state index in [1.807, 2.05) is 0 Å². The van der Waals surface area contributed by atoms with Crippen LogP contribution in [0.15, 0.2) is 40.9 Å². The number of hydrogen-bond donors (Lipinski definition) is 2. The van der Waals surface area contributed by atoms with Gasteiger partial charge in [-0.2, -0.15) is 0 Å². The molecule has 2 rings (SSSR count). The van der Waals surface area contributed by atoms with Gasteiger partial charge in [-0.25, -0.2) is 4.39 Å².